The first kappa shape index (κ1) is 15.9. The van der Waals surface area contributed by atoms with Crippen LogP contribution < -0.4 is 5.32 Å². The molecule has 0 radical (unpaired) electrons. The minimum Gasteiger partial charge on any atom is -0.371 e. The third-order valence-corrected chi connectivity index (χ3v) is 4.75. The predicted molar refractivity (Wildman–Crippen MR) is 89.9 cm³/mol. The van der Waals surface area contributed by atoms with Crippen molar-refractivity contribution in [3.8, 4) is 0 Å². The zero-order valence-corrected chi connectivity index (χ0v) is 13.8. The number of hydrogen-bond acceptors (Lipinski definition) is 7. The summed E-state index contributed by atoms with van der Waals surface area (Å²) in [6, 6.07) is 3.50. The highest BCUT2D eigenvalue weighted by atomic mass is 16.5. The number of hydrogen-bond donors (Lipinski definition) is 1. The van der Waals surface area contributed by atoms with E-state index in [9.17, 15) is 4.79 Å². The largest absolute Gasteiger partial charge is 0.371 e. The fourth-order valence-corrected chi connectivity index (χ4v) is 3.30. The summed E-state index contributed by atoms with van der Waals surface area (Å²) in [4.78, 5) is 30.4. The van der Waals surface area contributed by atoms with Gasteiger partial charge in [-0.25, -0.2) is 19.9 Å². The number of carbonyl (C=O) groups is 1. The van der Waals surface area contributed by atoms with Crippen LogP contribution in [0.15, 0.2) is 36.9 Å². The number of likely N-dealkylation sites (tertiary alicyclic amines) is 1. The summed E-state index contributed by atoms with van der Waals surface area (Å²) in [5.74, 6) is 1.20. The zero-order valence-electron chi connectivity index (χ0n) is 13.8. The SMILES string of the molecule is O=C(c1ncccn1)N1CC2(CC[C@H](CNc3ncccn3)CO2)C1. The van der Waals surface area contributed by atoms with E-state index in [0.717, 1.165) is 19.4 Å². The van der Waals surface area contributed by atoms with Gasteiger partial charge >= 0.3 is 0 Å². The minimum atomic E-state index is -0.190. The van der Waals surface area contributed by atoms with Gasteiger partial charge in [0.2, 0.25) is 11.8 Å². The molecule has 0 aromatic carbocycles. The molecule has 2 aromatic heterocycles. The smallest absolute Gasteiger partial charge is 0.291 e. The lowest BCUT2D eigenvalue weighted by Crippen LogP contribution is -2.66. The molecule has 2 aromatic rings. The van der Waals surface area contributed by atoms with Crippen molar-refractivity contribution in [1.82, 2.24) is 24.8 Å². The topological polar surface area (TPSA) is 93.1 Å². The van der Waals surface area contributed by atoms with E-state index in [-0.39, 0.29) is 17.3 Å². The van der Waals surface area contributed by atoms with E-state index in [1.807, 2.05) is 0 Å². The first-order valence-corrected chi connectivity index (χ1v) is 8.45. The number of amides is 1. The van der Waals surface area contributed by atoms with Gasteiger partial charge in [0, 0.05) is 31.3 Å². The van der Waals surface area contributed by atoms with Gasteiger partial charge in [-0.2, -0.15) is 0 Å². The van der Waals surface area contributed by atoms with Crippen LogP contribution in [0.3, 0.4) is 0 Å². The molecule has 0 aliphatic carbocycles. The van der Waals surface area contributed by atoms with Crippen molar-refractivity contribution in [2.24, 2.45) is 5.92 Å². The molecule has 8 heteroatoms. The number of rotatable bonds is 4. The molecular weight excluding hydrogens is 320 g/mol. The predicted octanol–water partition coefficient (Wildman–Crippen LogP) is 1.000. The molecule has 4 rings (SSSR count). The van der Waals surface area contributed by atoms with E-state index in [1.165, 1.54) is 0 Å². The number of carbonyl (C=O) groups excluding carboxylic acids is 1. The Hall–Kier alpha value is -2.61. The minimum absolute atomic E-state index is 0.125. The van der Waals surface area contributed by atoms with Crippen LogP contribution >= 0.6 is 0 Å². The molecule has 0 saturated carbocycles. The summed E-state index contributed by atoms with van der Waals surface area (Å²) in [6.07, 6.45) is 8.62. The van der Waals surface area contributed by atoms with Gasteiger partial charge in [-0.3, -0.25) is 4.79 Å². The third-order valence-electron chi connectivity index (χ3n) is 4.75. The number of aromatic nitrogens is 4. The zero-order chi connectivity index (χ0) is 17.1. The maximum atomic E-state index is 12.3. The van der Waals surface area contributed by atoms with E-state index in [0.29, 0.717) is 31.6 Å². The van der Waals surface area contributed by atoms with Crippen LogP contribution in [0, 0.1) is 5.92 Å². The van der Waals surface area contributed by atoms with Crippen molar-refractivity contribution >= 4 is 11.9 Å². The Balaban J connectivity index is 1.24. The van der Waals surface area contributed by atoms with Crippen molar-refractivity contribution in [3.63, 3.8) is 0 Å². The first-order valence-electron chi connectivity index (χ1n) is 8.45. The van der Waals surface area contributed by atoms with Gasteiger partial charge in [-0.1, -0.05) is 0 Å². The third kappa shape index (κ3) is 3.43. The monoisotopic (exact) mass is 340 g/mol. The van der Waals surface area contributed by atoms with E-state index >= 15 is 0 Å². The molecule has 0 unspecified atom stereocenters. The Morgan fingerprint density at radius 3 is 2.48 bits per heavy atom. The van der Waals surface area contributed by atoms with Gasteiger partial charge in [-0.15, -0.1) is 0 Å². The van der Waals surface area contributed by atoms with E-state index in [1.54, 1.807) is 41.8 Å². The Labute approximate surface area is 145 Å². The lowest BCUT2D eigenvalue weighted by atomic mass is 9.83. The fraction of sp³-hybridized carbons (Fsp3) is 0.471. The van der Waals surface area contributed by atoms with Crippen molar-refractivity contribution in [1.29, 1.82) is 0 Å². The molecule has 8 nitrogen and oxygen atoms in total. The molecular formula is C17H20N6O2. The van der Waals surface area contributed by atoms with Gasteiger partial charge in [0.15, 0.2) is 0 Å². The summed E-state index contributed by atoms with van der Waals surface area (Å²) in [7, 11) is 0. The van der Waals surface area contributed by atoms with Crippen molar-refractivity contribution in [3.05, 3.63) is 42.7 Å². The standard InChI is InChI=1S/C17H20N6O2/c24-15(14-18-5-1-6-19-14)23-11-17(12-23)4-3-13(10-25-17)9-22-16-20-7-2-8-21-16/h1-2,5-8,13H,3-4,9-12H2,(H,20,21,22)/t13-/m1/s1. The molecule has 130 valence electrons. The van der Waals surface area contributed by atoms with Crippen LogP contribution in [0.5, 0.6) is 0 Å². The molecule has 1 spiro atoms. The molecule has 0 bridgehead atoms. The van der Waals surface area contributed by atoms with Crippen LogP contribution in [0.1, 0.15) is 23.5 Å². The van der Waals surface area contributed by atoms with Gasteiger partial charge in [0.05, 0.1) is 19.7 Å². The molecule has 1 amide bonds. The van der Waals surface area contributed by atoms with Gasteiger partial charge in [0.1, 0.15) is 5.60 Å². The Bertz CT molecular complexity index is 710. The van der Waals surface area contributed by atoms with Crippen LogP contribution in [-0.2, 0) is 4.74 Å². The summed E-state index contributed by atoms with van der Waals surface area (Å²) in [5.41, 5.74) is -0.190. The molecule has 1 atom stereocenters. The van der Waals surface area contributed by atoms with Crippen molar-refractivity contribution in [2.45, 2.75) is 18.4 Å². The number of nitrogens with one attached hydrogen (secondary N) is 1. The van der Waals surface area contributed by atoms with E-state index in [4.69, 9.17) is 4.74 Å². The van der Waals surface area contributed by atoms with E-state index in [2.05, 4.69) is 25.3 Å². The van der Waals surface area contributed by atoms with Crippen molar-refractivity contribution in [2.75, 3.05) is 31.6 Å². The average Bonchev–Trinajstić information content (AvgIpc) is 2.66. The highest BCUT2D eigenvalue weighted by Crippen LogP contribution is 2.36. The summed E-state index contributed by atoms with van der Waals surface area (Å²) < 4.78 is 6.10. The molecule has 2 aliphatic rings. The molecule has 2 saturated heterocycles. The van der Waals surface area contributed by atoms with Gasteiger partial charge in [0.25, 0.3) is 5.91 Å². The van der Waals surface area contributed by atoms with Crippen molar-refractivity contribution < 1.29 is 9.53 Å². The summed E-state index contributed by atoms with van der Waals surface area (Å²) in [5, 5.41) is 3.24. The highest BCUT2D eigenvalue weighted by Gasteiger charge is 2.48. The second-order valence-corrected chi connectivity index (χ2v) is 6.59. The average molecular weight is 340 g/mol. The number of anilines is 1. The molecule has 2 fully saturated rings. The maximum Gasteiger partial charge on any atom is 0.291 e. The fourth-order valence-electron chi connectivity index (χ4n) is 3.30. The maximum absolute atomic E-state index is 12.3. The Morgan fingerprint density at radius 1 is 1.16 bits per heavy atom. The van der Waals surface area contributed by atoms with Crippen LogP contribution in [-0.4, -0.2) is 62.6 Å². The summed E-state index contributed by atoms with van der Waals surface area (Å²) in [6.45, 7) is 2.71. The van der Waals surface area contributed by atoms with Crippen LogP contribution in [0.25, 0.3) is 0 Å². The molecule has 1 N–H and O–H groups in total. The Kier molecular flexibility index (Phi) is 4.27. The van der Waals surface area contributed by atoms with E-state index < -0.39 is 0 Å². The van der Waals surface area contributed by atoms with Crippen LogP contribution in [0.2, 0.25) is 0 Å². The lowest BCUT2D eigenvalue weighted by Gasteiger charge is -2.52. The molecule has 2 aliphatic heterocycles. The van der Waals surface area contributed by atoms with Gasteiger partial charge < -0.3 is 15.0 Å². The molecule has 25 heavy (non-hydrogen) atoms. The normalized spacial score (nSPS) is 21.6. The molecule has 4 heterocycles. The second-order valence-electron chi connectivity index (χ2n) is 6.59. The first-order chi connectivity index (χ1) is 12.2. The van der Waals surface area contributed by atoms with Gasteiger partial charge in [-0.05, 0) is 30.9 Å². The Morgan fingerprint density at radius 2 is 1.84 bits per heavy atom. The quantitative estimate of drug-likeness (QED) is 0.887. The number of nitrogens with zero attached hydrogens (tertiary/aromatic N) is 5. The second kappa shape index (κ2) is 6.72. The number of ether oxygens (including phenoxy) is 1. The lowest BCUT2D eigenvalue weighted by molar-refractivity contribution is -0.165. The summed E-state index contributed by atoms with van der Waals surface area (Å²) >= 11 is 0. The highest BCUT2D eigenvalue weighted by molar-refractivity contribution is 5.91. The van der Waals surface area contributed by atoms with Crippen LogP contribution in [0.4, 0.5) is 5.95 Å².